The first kappa shape index (κ1) is 32.6. The third kappa shape index (κ3) is 5.49. The van der Waals surface area contributed by atoms with Crippen molar-refractivity contribution in [1.29, 1.82) is 0 Å². The molecule has 0 N–H and O–H groups in total. The summed E-state index contributed by atoms with van der Waals surface area (Å²) < 4.78 is 0. The van der Waals surface area contributed by atoms with E-state index >= 15 is 0 Å². The molecular weight excluding hydrogens is 613 g/mol. The largest absolute Gasteiger partial charge is 0.288 e. The van der Waals surface area contributed by atoms with Gasteiger partial charge < -0.3 is 0 Å². The van der Waals surface area contributed by atoms with Crippen LogP contribution in [-0.2, 0) is 5.41 Å². The summed E-state index contributed by atoms with van der Waals surface area (Å²) in [6.07, 6.45) is 0. The van der Waals surface area contributed by atoms with E-state index < -0.39 is 0 Å². The molecular formula is C47H42OS. The van der Waals surface area contributed by atoms with Gasteiger partial charge in [-0.05, 0) is 154 Å². The molecule has 6 aromatic carbocycles. The summed E-state index contributed by atoms with van der Waals surface area (Å²) in [5, 5.41) is 0. The summed E-state index contributed by atoms with van der Waals surface area (Å²) in [5.41, 5.74) is 20.9. The van der Waals surface area contributed by atoms with Gasteiger partial charge >= 0.3 is 0 Å². The SMILES string of the molecule is Cc1ccccc1-c1cc(C)c(-c2ccc(C(=O)C(=S)c3ccc4c(c3)C(C)(C)c3cc(-c5ccccc5C)c(C)cc3-4)cc2C)cc1C. The molecule has 0 saturated heterocycles. The summed E-state index contributed by atoms with van der Waals surface area (Å²) in [4.78, 5) is 14.3. The molecule has 6 aromatic rings. The molecule has 0 radical (unpaired) electrons. The Morgan fingerprint density at radius 2 is 0.857 bits per heavy atom. The highest BCUT2D eigenvalue weighted by Gasteiger charge is 2.37. The van der Waals surface area contributed by atoms with Gasteiger partial charge in [0.05, 0.1) is 4.86 Å². The van der Waals surface area contributed by atoms with Crippen molar-refractivity contribution < 1.29 is 4.79 Å². The fourth-order valence-electron chi connectivity index (χ4n) is 7.84. The minimum Gasteiger partial charge on any atom is -0.288 e. The molecule has 0 spiro atoms. The van der Waals surface area contributed by atoms with Gasteiger partial charge in [-0.1, -0.05) is 117 Å². The maximum absolute atomic E-state index is 13.9. The summed E-state index contributed by atoms with van der Waals surface area (Å²) in [5.74, 6) is -0.113. The smallest absolute Gasteiger partial charge is 0.204 e. The van der Waals surface area contributed by atoms with E-state index in [9.17, 15) is 4.79 Å². The summed E-state index contributed by atoms with van der Waals surface area (Å²) in [6, 6.07) is 38.7. The van der Waals surface area contributed by atoms with Gasteiger partial charge in [-0.2, -0.15) is 0 Å². The van der Waals surface area contributed by atoms with Gasteiger partial charge in [-0.15, -0.1) is 0 Å². The van der Waals surface area contributed by atoms with Gasteiger partial charge in [0.1, 0.15) is 0 Å². The van der Waals surface area contributed by atoms with Crippen LogP contribution in [0.4, 0.5) is 0 Å². The average molecular weight is 655 g/mol. The zero-order valence-electron chi connectivity index (χ0n) is 29.7. The number of benzene rings is 6. The van der Waals surface area contributed by atoms with Crippen LogP contribution in [0.5, 0.6) is 0 Å². The lowest BCUT2D eigenvalue weighted by Crippen LogP contribution is -2.18. The van der Waals surface area contributed by atoms with Crippen molar-refractivity contribution in [2.45, 2.75) is 60.8 Å². The molecule has 0 unspecified atom stereocenters. The Kier molecular flexibility index (Phi) is 8.12. The Balaban J connectivity index is 1.18. The second-order valence-electron chi connectivity index (χ2n) is 14.4. The molecule has 7 rings (SSSR count). The van der Waals surface area contributed by atoms with E-state index in [2.05, 4.69) is 146 Å². The van der Waals surface area contributed by atoms with Crippen molar-refractivity contribution in [1.82, 2.24) is 0 Å². The predicted molar refractivity (Wildman–Crippen MR) is 211 cm³/mol. The summed E-state index contributed by atoms with van der Waals surface area (Å²) in [7, 11) is 0. The number of aryl methyl sites for hydroxylation is 6. The molecule has 0 amide bonds. The standard InChI is InChI=1S/C47H42OS/c1-27-13-9-11-15-35(27)39-22-31(5)40(23-30(39)4)37-19-17-33(21-29(37)3)45(48)46(49)34-18-20-38-42-24-32(6)41(36-16-12-10-14-28(36)2)26-44(42)47(7,8)43(38)25-34/h9-26H,1-8H3. The molecule has 242 valence electrons. The minimum atomic E-state index is -0.229. The maximum atomic E-state index is 13.9. The Morgan fingerprint density at radius 1 is 0.429 bits per heavy atom. The number of carbonyl (C=O) groups excluding carboxylic acids is 1. The highest BCUT2D eigenvalue weighted by atomic mass is 32.1. The van der Waals surface area contributed by atoms with E-state index in [4.69, 9.17) is 12.2 Å². The van der Waals surface area contributed by atoms with Crippen molar-refractivity contribution in [2.24, 2.45) is 0 Å². The molecule has 0 atom stereocenters. The van der Waals surface area contributed by atoms with E-state index in [1.807, 2.05) is 18.2 Å². The van der Waals surface area contributed by atoms with Crippen LogP contribution in [0.3, 0.4) is 0 Å². The van der Waals surface area contributed by atoms with Crippen LogP contribution >= 0.6 is 12.2 Å². The lowest BCUT2D eigenvalue weighted by atomic mass is 9.80. The first-order chi connectivity index (χ1) is 23.4. The second-order valence-corrected chi connectivity index (χ2v) is 14.8. The summed E-state index contributed by atoms with van der Waals surface area (Å²) >= 11 is 5.91. The molecule has 49 heavy (non-hydrogen) atoms. The molecule has 0 heterocycles. The van der Waals surface area contributed by atoms with Crippen LogP contribution in [0.2, 0.25) is 0 Å². The molecule has 0 saturated carbocycles. The van der Waals surface area contributed by atoms with Crippen LogP contribution in [0.15, 0.2) is 109 Å². The van der Waals surface area contributed by atoms with E-state index in [1.54, 1.807) is 0 Å². The number of hydrogen-bond donors (Lipinski definition) is 0. The Morgan fingerprint density at radius 3 is 1.41 bits per heavy atom. The minimum absolute atomic E-state index is 0.113. The van der Waals surface area contributed by atoms with Gasteiger partial charge in [-0.3, -0.25) is 4.79 Å². The third-order valence-corrected chi connectivity index (χ3v) is 11.1. The number of rotatable bonds is 6. The van der Waals surface area contributed by atoms with Crippen LogP contribution in [0.1, 0.15) is 74.3 Å². The number of hydrogen-bond acceptors (Lipinski definition) is 2. The van der Waals surface area contributed by atoms with E-state index in [0.717, 1.165) is 16.7 Å². The summed E-state index contributed by atoms with van der Waals surface area (Å²) in [6.45, 7) is 17.5. The van der Waals surface area contributed by atoms with Crippen LogP contribution in [-0.4, -0.2) is 10.6 Å². The fourth-order valence-corrected chi connectivity index (χ4v) is 8.08. The lowest BCUT2D eigenvalue weighted by Gasteiger charge is -2.23. The molecule has 0 bridgehead atoms. The number of Topliss-reactive ketones (excluding diaryl/α,β-unsaturated/α-hetero) is 1. The number of ketones is 1. The van der Waals surface area contributed by atoms with Crippen molar-refractivity contribution in [3.8, 4) is 44.5 Å². The first-order valence-electron chi connectivity index (χ1n) is 17.1. The van der Waals surface area contributed by atoms with E-state index in [-0.39, 0.29) is 11.2 Å². The van der Waals surface area contributed by atoms with Gasteiger partial charge in [-0.25, -0.2) is 0 Å². The van der Waals surface area contributed by atoms with Crippen molar-refractivity contribution in [3.63, 3.8) is 0 Å². The van der Waals surface area contributed by atoms with Crippen molar-refractivity contribution in [3.05, 3.63) is 165 Å². The van der Waals surface area contributed by atoms with Gasteiger partial charge in [0.15, 0.2) is 0 Å². The zero-order chi connectivity index (χ0) is 34.8. The first-order valence-corrected chi connectivity index (χ1v) is 17.5. The van der Waals surface area contributed by atoms with Crippen molar-refractivity contribution in [2.75, 3.05) is 0 Å². The molecule has 1 aliphatic rings. The van der Waals surface area contributed by atoms with Crippen LogP contribution in [0, 0.1) is 41.5 Å². The monoisotopic (exact) mass is 654 g/mol. The topological polar surface area (TPSA) is 17.1 Å². The second kappa shape index (κ2) is 12.2. The Bertz CT molecular complexity index is 2350. The predicted octanol–water partition coefficient (Wildman–Crippen LogP) is 12.4. The highest BCUT2D eigenvalue weighted by molar-refractivity contribution is 7.82. The number of thiocarbonyl (C=S) groups is 1. The quantitative estimate of drug-likeness (QED) is 0.131. The maximum Gasteiger partial charge on any atom is 0.204 e. The number of carbonyl (C=O) groups is 1. The molecule has 0 aliphatic heterocycles. The third-order valence-electron chi connectivity index (χ3n) is 10.7. The normalized spacial score (nSPS) is 12.8. The highest BCUT2D eigenvalue weighted by Crippen LogP contribution is 2.51. The molecule has 1 nitrogen and oxygen atoms in total. The molecule has 2 heteroatoms. The Labute approximate surface area is 296 Å². The van der Waals surface area contributed by atoms with Gasteiger partial charge in [0, 0.05) is 11.0 Å². The van der Waals surface area contributed by atoms with E-state index in [0.29, 0.717) is 10.4 Å². The molecule has 0 aromatic heterocycles. The van der Waals surface area contributed by atoms with Gasteiger partial charge in [0.2, 0.25) is 5.78 Å². The molecule has 0 fully saturated rings. The zero-order valence-corrected chi connectivity index (χ0v) is 30.5. The van der Waals surface area contributed by atoms with Crippen LogP contribution < -0.4 is 0 Å². The number of fused-ring (bicyclic) bond motifs is 3. The molecule has 1 aliphatic carbocycles. The Hall–Kier alpha value is -4.92. The average Bonchev–Trinajstić information content (AvgIpc) is 3.30. The fraction of sp³-hybridized carbons (Fsp3) is 0.191. The van der Waals surface area contributed by atoms with Crippen molar-refractivity contribution >= 4 is 22.9 Å². The van der Waals surface area contributed by atoms with Gasteiger partial charge in [0.25, 0.3) is 0 Å². The van der Waals surface area contributed by atoms with Crippen LogP contribution in [0.25, 0.3) is 44.5 Å². The van der Waals surface area contributed by atoms with E-state index in [1.165, 1.54) is 77.9 Å². The lowest BCUT2D eigenvalue weighted by molar-refractivity contribution is 0.106.